The van der Waals surface area contributed by atoms with Crippen LogP contribution in [0.3, 0.4) is 0 Å². The van der Waals surface area contributed by atoms with Crippen molar-refractivity contribution < 1.29 is 4.79 Å². The zero-order valence-electron chi connectivity index (χ0n) is 12.9. The zero-order valence-corrected chi connectivity index (χ0v) is 12.9. The van der Waals surface area contributed by atoms with Crippen LogP contribution in [0, 0.1) is 0 Å². The molecule has 2 N–H and O–H groups in total. The van der Waals surface area contributed by atoms with Crippen molar-refractivity contribution in [2.24, 2.45) is 0 Å². The average Bonchev–Trinajstić information content (AvgIpc) is 2.80. The Morgan fingerprint density at radius 2 is 1.70 bits per heavy atom. The predicted octanol–water partition coefficient (Wildman–Crippen LogP) is 3.80. The molecule has 4 nitrogen and oxygen atoms in total. The number of nitrogens with zero attached hydrogens (tertiary/aromatic N) is 1. The van der Waals surface area contributed by atoms with Gasteiger partial charge in [0, 0.05) is 41.8 Å². The number of hydrogen-bond acceptors (Lipinski definition) is 1. The predicted molar refractivity (Wildman–Crippen MR) is 92.7 cm³/mol. The number of carbonyl (C=O) groups excluding carboxylic acids is 1. The number of para-hydroxylation sites is 2. The van der Waals surface area contributed by atoms with Crippen molar-refractivity contribution in [1.82, 2.24) is 9.88 Å². The lowest BCUT2D eigenvalue weighted by Crippen LogP contribution is -2.36. The number of aromatic nitrogens is 1. The van der Waals surface area contributed by atoms with Crippen molar-refractivity contribution in [3.63, 3.8) is 0 Å². The second-order valence-corrected chi connectivity index (χ2v) is 5.91. The van der Waals surface area contributed by atoms with E-state index in [9.17, 15) is 4.79 Å². The molecular formula is C19H19N3O. The zero-order chi connectivity index (χ0) is 15.6. The lowest BCUT2D eigenvalue weighted by atomic mass is 10.1. The van der Waals surface area contributed by atoms with E-state index in [1.165, 1.54) is 22.2 Å². The van der Waals surface area contributed by atoms with Crippen LogP contribution >= 0.6 is 0 Å². The van der Waals surface area contributed by atoms with Crippen LogP contribution < -0.4 is 5.32 Å². The lowest BCUT2D eigenvalue weighted by Gasteiger charge is -2.20. The summed E-state index contributed by atoms with van der Waals surface area (Å²) >= 11 is 0. The van der Waals surface area contributed by atoms with Crippen molar-refractivity contribution in [2.45, 2.75) is 12.8 Å². The van der Waals surface area contributed by atoms with Crippen LogP contribution in [0.15, 0.2) is 54.6 Å². The maximum absolute atomic E-state index is 12.5. The molecular weight excluding hydrogens is 286 g/mol. The molecule has 0 spiro atoms. The highest BCUT2D eigenvalue weighted by Crippen LogP contribution is 2.25. The van der Waals surface area contributed by atoms with E-state index in [-0.39, 0.29) is 6.03 Å². The number of carbonyl (C=O) groups is 1. The van der Waals surface area contributed by atoms with Gasteiger partial charge in [-0.05, 0) is 30.2 Å². The molecule has 116 valence electrons. The van der Waals surface area contributed by atoms with Crippen molar-refractivity contribution in [2.75, 3.05) is 18.4 Å². The van der Waals surface area contributed by atoms with Gasteiger partial charge in [-0.15, -0.1) is 0 Å². The fourth-order valence-corrected chi connectivity index (χ4v) is 3.29. The number of aromatic amines is 1. The number of hydrogen-bond donors (Lipinski definition) is 2. The van der Waals surface area contributed by atoms with E-state index in [2.05, 4.69) is 34.6 Å². The van der Waals surface area contributed by atoms with Gasteiger partial charge in [-0.3, -0.25) is 0 Å². The summed E-state index contributed by atoms with van der Waals surface area (Å²) in [7, 11) is 0. The molecule has 2 amide bonds. The molecule has 1 aliphatic heterocycles. The molecule has 4 heteroatoms. The molecule has 0 saturated carbocycles. The summed E-state index contributed by atoms with van der Waals surface area (Å²) in [4.78, 5) is 17.9. The first-order valence-electron chi connectivity index (χ1n) is 8.01. The molecule has 2 heterocycles. The number of anilines is 1. The molecule has 0 fully saturated rings. The van der Waals surface area contributed by atoms with Crippen LogP contribution in [0.5, 0.6) is 0 Å². The van der Waals surface area contributed by atoms with Crippen LogP contribution in [-0.4, -0.2) is 29.0 Å². The molecule has 4 rings (SSSR count). The van der Waals surface area contributed by atoms with Gasteiger partial charge in [0.15, 0.2) is 0 Å². The number of H-pyrrole nitrogens is 1. The van der Waals surface area contributed by atoms with Gasteiger partial charge in [0.2, 0.25) is 0 Å². The van der Waals surface area contributed by atoms with E-state index in [0.717, 1.165) is 31.6 Å². The number of amides is 2. The Balaban J connectivity index is 1.51. The van der Waals surface area contributed by atoms with Crippen molar-refractivity contribution in [3.05, 3.63) is 65.9 Å². The van der Waals surface area contributed by atoms with E-state index >= 15 is 0 Å². The molecule has 0 saturated heterocycles. The molecule has 0 atom stereocenters. The van der Waals surface area contributed by atoms with Crippen LogP contribution in [0.4, 0.5) is 10.5 Å². The minimum Gasteiger partial charge on any atom is -0.358 e. The van der Waals surface area contributed by atoms with Crippen molar-refractivity contribution in [1.29, 1.82) is 0 Å². The maximum atomic E-state index is 12.5. The van der Waals surface area contributed by atoms with Crippen molar-refractivity contribution in [3.8, 4) is 0 Å². The van der Waals surface area contributed by atoms with Gasteiger partial charge >= 0.3 is 6.03 Å². The number of benzene rings is 2. The normalized spacial score (nSPS) is 14.3. The first-order chi connectivity index (χ1) is 11.3. The first-order valence-corrected chi connectivity index (χ1v) is 8.01. The molecule has 0 unspecified atom stereocenters. The van der Waals surface area contributed by atoms with E-state index in [1.807, 2.05) is 35.2 Å². The van der Waals surface area contributed by atoms with E-state index in [0.29, 0.717) is 0 Å². The van der Waals surface area contributed by atoms with Gasteiger partial charge in [-0.25, -0.2) is 4.79 Å². The van der Waals surface area contributed by atoms with Crippen molar-refractivity contribution >= 4 is 22.6 Å². The Hall–Kier alpha value is -2.75. The molecule has 1 aromatic heterocycles. The second kappa shape index (κ2) is 5.80. The molecule has 2 aromatic carbocycles. The Labute approximate surface area is 135 Å². The van der Waals surface area contributed by atoms with Crippen LogP contribution in [0.25, 0.3) is 10.9 Å². The average molecular weight is 305 g/mol. The van der Waals surface area contributed by atoms with Gasteiger partial charge in [0.1, 0.15) is 0 Å². The highest BCUT2D eigenvalue weighted by molar-refractivity contribution is 5.90. The summed E-state index contributed by atoms with van der Waals surface area (Å²) in [6.07, 6.45) is 1.76. The van der Waals surface area contributed by atoms with Crippen LogP contribution in [0.2, 0.25) is 0 Å². The van der Waals surface area contributed by atoms with Gasteiger partial charge < -0.3 is 15.2 Å². The Bertz CT molecular complexity index is 838. The molecule has 3 aromatic rings. The molecule has 0 aliphatic carbocycles. The highest BCUT2D eigenvalue weighted by atomic mass is 16.2. The summed E-state index contributed by atoms with van der Waals surface area (Å²) in [5.41, 5.74) is 4.65. The highest BCUT2D eigenvalue weighted by Gasteiger charge is 2.21. The number of urea groups is 1. The lowest BCUT2D eigenvalue weighted by molar-refractivity contribution is 0.214. The third-order valence-electron chi connectivity index (χ3n) is 4.48. The number of fused-ring (bicyclic) bond motifs is 3. The quantitative estimate of drug-likeness (QED) is 0.706. The second-order valence-electron chi connectivity index (χ2n) is 5.91. The topological polar surface area (TPSA) is 48.1 Å². The van der Waals surface area contributed by atoms with Crippen LogP contribution in [-0.2, 0) is 12.8 Å². The number of rotatable bonds is 1. The minimum absolute atomic E-state index is 0.0225. The Kier molecular flexibility index (Phi) is 3.50. The molecule has 1 aliphatic rings. The van der Waals surface area contributed by atoms with Gasteiger partial charge in [-0.2, -0.15) is 0 Å². The summed E-state index contributed by atoms with van der Waals surface area (Å²) < 4.78 is 0. The molecule has 23 heavy (non-hydrogen) atoms. The van der Waals surface area contributed by atoms with E-state index in [1.54, 1.807) is 0 Å². The summed E-state index contributed by atoms with van der Waals surface area (Å²) in [6.45, 7) is 1.48. The smallest absolute Gasteiger partial charge is 0.321 e. The third-order valence-corrected chi connectivity index (χ3v) is 4.48. The van der Waals surface area contributed by atoms with E-state index < -0.39 is 0 Å². The van der Waals surface area contributed by atoms with Gasteiger partial charge in [-0.1, -0.05) is 36.4 Å². The van der Waals surface area contributed by atoms with E-state index in [4.69, 9.17) is 0 Å². The monoisotopic (exact) mass is 305 g/mol. The molecule has 0 radical (unpaired) electrons. The standard InChI is InChI=1S/C19H19N3O/c23-19(20-14-6-2-1-3-7-14)22-12-10-16-15-8-4-5-9-17(15)21-18(16)11-13-22/h1-9,21H,10-13H2,(H,20,23). The summed E-state index contributed by atoms with van der Waals surface area (Å²) in [5, 5.41) is 4.26. The fraction of sp³-hybridized carbons (Fsp3) is 0.211. The Morgan fingerprint density at radius 3 is 2.57 bits per heavy atom. The third kappa shape index (κ3) is 2.68. The largest absolute Gasteiger partial charge is 0.358 e. The maximum Gasteiger partial charge on any atom is 0.321 e. The molecule has 0 bridgehead atoms. The Morgan fingerprint density at radius 1 is 0.957 bits per heavy atom. The SMILES string of the molecule is O=C(Nc1ccccc1)N1CCc2[nH]c3ccccc3c2CC1. The number of nitrogens with one attached hydrogen (secondary N) is 2. The first kappa shape index (κ1) is 13.9. The summed E-state index contributed by atoms with van der Waals surface area (Å²) in [6, 6.07) is 18.0. The fourth-order valence-electron chi connectivity index (χ4n) is 3.29. The van der Waals surface area contributed by atoms with Gasteiger partial charge in [0.25, 0.3) is 0 Å². The van der Waals surface area contributed by atoms with Gasteiger partial charge in [0.05, 0.1) is 0 Å². The van der Waals surface area contributed by atoms with Crippen LogP contribution in [0.1, 0.15) is 11.3 Å². The minimum atomic E-state index is -0.0225. The summed E-state index contributed by atoms with van der Waals surface area (Å²) in [5.74, 6) is 0.